The molecule has 3 aliphatic rings. The highest BCUT2D eigenvalue weighted by atomic mass is 15.1. The number of hydrogen-bond donors (Lipinski definition) is 0. The lowest BCUT2D eigenvalue weighted by Gasteiger charge is -2.29. The maximum Gasteiger partial charge on any atom is 0.0201 e. The molecule has 1 heteroatoms. The number of allylic oxidation sites excluding steroid dienone is 5. The molecule has 2 aliphatic carbocycles. The summed E-state index contributed by atoms with van der Waals surface area (Å²) in [5.41, 5.74) is 3.58. The summed E-state index contributed by atoms with van der Waals surface area (Å²) in [6.07, 6.45) is 19.0. The molecule has 2 unspecified atom stereocenters. The van der Waals surface area contributed by atoms with Crippen molar-refractivity contribution in [3.8, 4) is 0 Å². The quantitative estimate of drug-likeness (QED) is 0.654. The van der Waals surface area contributed by atoms with Gasteiger partial charge in [0.25, 0.3) is 0 Å². The third-order valence-corrected chi connectivity index (χ3v) is 5.26. The summed E-state index contributed by atoms with van der Waals surface area (Å²) in [7, 11) is 0. The minimum atomic E-state index is 0.726. The van der Waals surface area contributed by atoms with E-state index >= 15 is 0 Å². The first-order chi connectivity index (χ1) is 9.88. The highest BCUT2D eigenvalue weighted by Gasteiger charge is 2.31. The van der Waals surface area contributed by atoms with E-state index in [0.29, 0.717) is 0 Å². The van der Waals surface area contributed by atoms with Crippen LogP contribution in [0.1, 0.15) is 51.9 Å². The van der Waals surface area contributed by atoms with E-state index in [9.17, 15) is 0 Å². The molecule has 0 amide bonds. The normalized spacial score (nSPS) is 30.1. The molecule has 0 radical (unpaired) electrons. The van der Waals surface area contributed by atoms with Crippen molar-refractivity contribution in [3.05, 3.63) is 35.5 Å². The molecule has 1 nitrogen and oxygen atoms in total. The van der Waals surface area contributed by atoms with Gasteiger partial charge in [-0.15, -0.1) is 0 Å². The Labute approximate surface area is 124 Å². The molecule has 2 bridgehead atoms. The van der Waals surface area contributed by atoms with Crippen molar-refractivity contribution >= 4 is 0 Å². The minimum Gasteiger partial charge on any atom is -0.299 e. The van der Waals surface area contributed by atoms with Crippen LogP contribution in [0.25, 0.3) is 0 Å². The summed E-state index contributed by atoms with van der Waals surface area (Å²) in [6, 6.07) is 0. The Hall–Kier alpha value is -0.820. The van der Waals surface area contributed by atoms with Crippen LogP contribution in [0.5, 0.6) is 0 Å². The summed E-state index contributed by atoms with van der Waals surface area (Å²) in [5.74, 6) is 1.46. The Morgan fingerprint density at radius 3 is 2.40 bits per heavy atom. The second-order valence-electron chi connectivity index (χ2n) is 6.71. The van der Waals surface area contributed by atoms with E-state index in [-0.39, 0.29) is 0 Å². The molecule has 3 rings (SSSR count). The molecule has 1 aliphatic heterocycles. The maximum absolute atomic E-state index is 2.71. The second kappa shape index (κ2) is 6.76. The number of likely N-dealkylation sites (tertiary alicyclic amines) is 1. The smallest absolute Gasteiger partial charge is 0.0201 e. The third kappa shape index (κ3) is 3.09. The average molecular weight is 271 g/mol. The standard InChI is InChI=1S/C19H29N/c1-2-3-11-18-16-9-5-6-10-17(14-16)19(18)15-20-12-7-4-8-13-20/h5-6,9-10,16-17H,2-4,7-8,11-15H2,1H3. The van der Waals surface area contributed by atoms with Gasteiger partial charge in [0.15, 0.2) is 0 Å². The van der Waals surface area contributed by atoms with Gasteiger partial charge in [0.1, 0.15) is 0 Å². The predicted octanol–water partition coefficient (Wildman–Crippen LogP) is 4.72. The first-order valence-electron chi connectivity index (χ1n) is 8.67. The van der Waals surface area contributed by atoms with E-state index in [1.54, 1.807) is 11.1 Å². The molecule has 2 atom stereocenters. The topological polar surface area (TPSA) is 3.24 Å². The van der Waals surface area contributed by atoms with Crippen molar-refractivity contribution in [1.82, 2.24) is 4.90 Å². The van der Waals surface area contributed by atoms with Crippen LogP contribution >= 0.6 is 0 Å². The largest absolute Gasteiger partial charge is 0.299 e. The number of hydrogen-bond acceptors (Lipinski definition) is 1. The highest BCUT2D eigenvalue weighted by Crippen LogP contribution is 2.42. The zero-order valence-electron chi connectivity index (χ0n) is 13.0. The van der Waals surface area contributed by atoms with Gasteiger partial charge in [0.05, 0.1) is 0 Å². The number of nitrogens with zero attached hydrogens (tertiary/aromatic N) is 1. The molecule has 1 fully saturated rings. The van der Waals surface area contributed by atoms with Crippen LogP contribution in [0, 0.1) is 11.8 Å². The Kier molecular flexibility index (Phi) is 4.77. The molecule has 0 aromatic carbocycles. The van der Waals surface area contributed by atoms with Crippen molar-refractivity contribution in [2.75, 3.05) is 19.6 Å². The molecule has 0 aromatic heterocycles. The molecule has 20 heavy (non-hydrogen) atoms. The van der Waals surface area contributed by atoms with E-state index < -0.39 is 0 Å². The van der Waals surface area contributed by atoms with Crippen molar-refractivity contribution in [2.24, 2.45) is 11.8 Å². The molecule has 1 heterocycles. The second-order valence-corrected chi connectivity index (χ2v) is 6.71. The molecule has 0 N–H and O–H groups in total. The fourth-order valence-electron chi connectivity index (χ4n) is 4.11. The minimum absolute atomic E-state index is 0.726. The summed E-state index contributed by atoms with van der Waals surface area (Å²) < 4.78 is 0. The number of rotatable bonds is 5. The van der Waals surface area contributed by atoms with Gasteiger partial charge in [-0.2, -0.15) is 0 Å². The fraction of sp³-hybridized carbons (Fsp3) is 0.684. The monoisotopic (exact) mass is 271 g/mol. The summed E-state index contributed by atoms with van der Waals surface area (Å²) >= 11 is 0. The van der Waals surface area contributed by atoms with Crippen LogP contribution in [0.15, 0.2) is 35.5 Å². The lowest BCUT2D eigenvalue weighted by atomic mass is 9.94. The van der Waals surface area contributed by atoms with E-state index in [2.05, 4.69) is 36.1 Å². The van der Waals surface area contributed by atoms with E-state index in [0.717, 1.165) is 11.8 Å². The number of unbranched alkanes of at least 4 members (excludes halogenated alkanes) is 1. The van der Waals surface area contributed by atoms with Gasteiger partial charge in [0, 0.05) is 12.5 Å². The third-order valence-electron chi connectivity index (χ3n) is 5.26. The van der Waals surface area contributed by atoms with Crippen LogP contribution in [0.2, 0.25) is 0 Å². The van der Waals surface area contributed by atoms with Gasteiger partial charge in [-0.25, -0.2) is 0 Å². The van der Waals surface area contributed by atoms with Gasteiger partial charge >= 0.3 is 0 Å². The summed E-state index contributed by atoms with van der Waals surface area (Å²) in [6.45, 7) is 6.20. The maximum atomic E-state index is 2.71. The van der Waals surface area contributed by atoms with Crippen LogP contribution in [0.3, 0.4) is 0 Å². The Bertz CT molecular complexity index is 409. The summed E-state index contributed by atoms with van der Waals surface area (Å²) in [5, 5.41) is 0. The van der Waals surface area contributed by atoms with Crippen molar-refractivity contribution < 1.29 is 0 Å². The molecule has 0 saturated carbocycles. The Morgan fingerprint density at radius 2 is 1.70 bits per heavy atom. The molecular weight excluding hydrogens is 242 g/mol. The zero-order valence-corrected chi connectivity index (χ0v) is 13.0. The van der Waals surface area contributed by atoms with E-state index in [1.807, 2.05) is 0 Å². The summed E-state index contributed by atoms with van der Waals surface area (Å²) in [4.78, 5) is 2.71. The van der Waals surface area contributed by atoms with Crippen LogP contribution < -0.4 is 0 Å². The van der Waals surface area contributed by atoms with Crippen LogP contribution in [-0.4, -0.2) is 24.5 Å². The molecule has 1 saturated heterocycles. The van der Waals surface area contributed by atoms with Gasteiger partial charge in [0.2, 0.25) is 0 Å². The van der Waals surface area contributed by atoms with Crippen LogP contribution in [-0.2, 0) is 0 Å². The Morgan fingerprint density at radius 1 is 1.00 bits per heavy atom. The van der Waals surface area contributed by atoms with Crippen molar-refractivity contribution in [2.45, 2.75) is 51.9 Å². The van der Waals surface area contributed by atoms with Gasteiger partial charge in [-0.05, 0) is 56.7 Å². The average Bonchev–Trinajstić information content (AvgIpc) is 2.65. The Balaban J connectivity index is 1.77. The fourth-order valence-corrected chi connectivity index (χ4v) is 4.11. The van der Waals surface area contributed by atoms with Crippen LogP contribution in [0.4, 0.5) is 0 Å². The SMILES string of the molecule is CCCCC1=C(CN2CCCCC2)C2C=CC=CC1C2. The van der Waals surface area contributed by atoms with Crippen molar-refractivity contribution in [1.29, 1.82) is 0 Å². The number of piperidine rings is 1. The van der Waals surface area contributed by atoms with Gasteiger partial charge in [-0.1, -0.05) is 49.6 Å². The van der Waals surface area contributed by atoms with E-state index in [4.69, 9.17) is 0 Å². The lowest BCUT2D eigenvalue weighted by Crippen LogP contribution is -2.32. The predicted molar refractivity (Wildman–Crippen MR) is 86.7 cm³/mol. The number of fused-ring (bicyclic) bond motifs is 2. The first-order valence-corrected chi connectivity index (χ1v) is 8.67. The zero-order chi connectivity index (χ0) is 13.8. The van der Waals surface area contributed by atoms with Gasteiger partial charge in [-0.3, -0.25) is 4.90 Å². The molecule has 0 spiro atoms. The highest BCUT2D eigenvalue weighted by molar-refractivity contribution is 5.36. The van der Waals surface area contributed by atoms with Crippen molar-refractivity contribution in [3.63, 3.8) is 0 Å². The van der Waals surface area contributed by atoms with E-state index in [1.165, 1.54) is 64.6 Å². The van der Waals surface area contributed by atoms with Gasteiger partial charge < -0.3 is 0 Å². The molecule has 0 aromatic rings. The first kappa shape index (κ1) is 14.1. The molecular formula is C19H29N. The lowest BCUT2D eigenvalue weighted by molar-refractivity contribution is 0.242. The molecule has 110 valence electrons.